The van der Waals surface area contributed by atoms with Crippen molar-refractivity contribution in [1.29, 1.82) is 0 Å². The molecule has 4 N–H and O–H groups in total. The van der Waals surface area contributed by atoms with Gasteiger partial charge in [-0.25, -0.2) is 0 Å². The Labute approximate surface area is 52.3 Å². The zero-order valence-corrected chi connectivity index (χ0v) is 5.70. The third-order valence-electron chi connectivity index (χ3n) is 0.194. The Morgan fingerprint density at radius 2 is 1.11 bits per heavy atom. The standard InChI is InChI=1S/H4O7P2/c1-8(2)6-5-7-9(3)4/h1-4H. The first kappa shape index (κ1) is 9.58. The van der Waals surface area contributed by atoms with Crippen LogP contribution in [-0.2, 0) is 14.4 Å². The van der Waals surface area contributed by atoms with Crippen molar-refractivity contribution in [1.82, 2.24) is 0 Å². The van der Waals surface area contributed by atoms with Crippen molar-refractivity contribution >= 4 is 17.2 Å². The summed E-state index contributed by atoms with van der Waals surface area (Å²) in [5.74, 6) is 0. The maximum absolute atomic E-state index is 7.90. The smallest absolute Gasteiger partial charge is 0.326 e. The summed E-state index contributed by atoms with van der Waals surface area (Å²) in [5.41, 5.74) is 0. The Hall–Kier alpha value is 0.580. The SMILES string of the molecule is OP(O)OOOP(O)O. The monoisotopic (exact) mass is 178 g/mol. The molecule has 0 aromatic heterocycles. The molecule has 0 unspecified atom stereocenters. The minimum absolute atomic E-state index is 2.69. The maximum Gasteiger partial charge on any atom is 0.361 e. The fraction of sp³-hybridized carbons (Fsp3) is 0. The van der Waals surface area contributed by atoms with Crippen LogP contribution in [0, 0.1) is 0 Å². The molecule has 9 heteroatoms. The van der Waals surface area contributed by atoms with Crippen molar-refractivity contribution in [3.8, 4) is 0 Å². The summed E-state index contributed by atoms with van der Waals surface area (Å²) in [6, 6.07) is 0. The van der Waals surface area contributed by atoms with Crippen LogP contribution in [0.25, 0.3) is 0 Å². The molecule has 0 rings (SSSR count). The predicted molar refractivity (Wildman–Crippen MR) is 26.0 cm³/mol. The van der Waals surface area contributed by atoms with Crippen LogP contribution < -0.4 is 0 Å². The molecule has 56 valence electrons. The van der Waals surface area contributed by atoms with Crippen molar-refractivity contribution in [2.45, 2.75) is 0 Å². The largest absolute Gasteiger partial charge is 0.361 e. The van der Waals surface area contributed by atoms with E-state index in [4.69, 9.17) is 19.6 Å². The molecule has 0 spiro atoms. The Kier molecular flexibility index (Phi) is 5.72. The Balaban J connectivity index is 2.91. The highest BCUT2D eigenvalue weighted by Crippen LogP contribution is 2.30. The molecule has 0 fully saturated rings. The van der Waals surface area contributed by atoms with E-state index in [1.54, 1.807) is 0 Å². The molecular formula is H4O7P2. The van der Waals surface area contributed by atoms with Crippen LogP contribution in [0.3, 0.4) is 0 Å². The van der Waals surface area contributed by atoms with E-state index in [1.165, 1.54) is 0 Å². The average molecular weight is 178 g/mol. The van der Waals surface area contributed by atoms with E-state index in [2.05, 4.69) is 14.4 Å². The summed E-state index contributed by atoms with van der Waals surface area (Å²) in [7, 11) is -5.38. The highest BCUT2D eigenvalue weighted by molar-refractivity contribution is 7.39. The van der Waals surface area contributed by atoms with Crippen LogP contribution in [-0.4, -0.2) is 19.6 Å². The summed E-state index contributed by atoms with van der Waals surface area (Å²) in [5, 5.41) is 3.41. The first-order valence-electron chi connectivity index (χ1n) is 1.50. The van der Waals surface area contributed by atoms with Gasteiger partial charge in [0.25, 0.3) is 0 Å². The van der Waals surface area contributed by atoms with Crippen LogP contribution in [0.5, 0.6) is 0 Å². The minimum Gasteiger partial charge on any atom is -0.326 e. The molecule has 9 heavy (non-hydrogen) atoms. The van der Waals surface area contributed by atoms with E-state index in [9.17, 15) is 0 Å². The zero-order valence-electron chi connectivity index (χ0n) is 3.91. The number of hydrogen-bond donors (Lipinski definition) is 4. The lowest BCUT2D eigenvalue weighted by Gasteiger charge is -2.00. The van der Waals surface area contributed by atoms with Gasteiger partial charge in [0.05, 0.1) is 0 Å². The topological polar surface area (TPSA) is 109 Å². The van der Waals surface area contributed by atoms with Crippen LogP contribution >= 0.6 is 17.2 Å². The Morgan fingerprint density at radius 3 is 1.33 bits per heavy atom. The van der Waals surface area contributed by atoms with Gasteiger partial charge in [0, 0.05) is 0 Å². The van der Waals surface area contributed by atoms with Gasteiger partial charge in [-0.15, -0.1) is 9.35 Å². The second kappa shape index (κ2) is 5.37. The van der Waals surface area contributed by atoms with Crippen LogP contribution in [0.1, 0.15) is 0 Å². The number of hydrogen-bond acceptors (Lipinski definition) is 7. The zero-order chi connectivity index (χ0) is 7.28. The lowest BCUT2D eigenvalue weighted by atomic mass is 14.6. The molecule has 0 saturated carbocycles. The van der Waals surface area contributed by atoms with Gasteiger partial charge < -0.3 is 19.6 Å². The third kappa shape index (κ3) is 8.58. The second-order valence-electron chi connectivity index (χ2n) is 0.723. The summed E-state index contributed by atoms with van der Waals surface area (Å²) >= 11 is 0. The van der Waals surface area contributed by atoms with Gasteiger partial charge in [-0.05, 0) is 0 Å². The molecule has 0 saturated heterocycles. The highest BCUT2D eigenvalue weighted by atomic mass is 31.2. The molecular weight excluding hydrogens is 174 g/mol. The molecule has 0 aliphatic rings. The van der Waals surface area contributed by atoms with Crippen LogP contribution in [0.15, 0.2) is 0 Å². The minimum atomic E-state index is -2.69. The molecule has 0 aliphatic heterocycles. The van der Waals surface area contributed by atoms with E-state index < -0.39 is 17.2 Å². The van der Waals surface area contributed by atoms with E-state index >= 15 is 0 Å². The highest BCUT2D eigenvalue weighted by Gasteiger charge is 2.04. The quantitative estimate of drug-likeness (QED) is 0.255. The second-order valence-corrected chi connectivity index (χ2v) is 2.03. The predicted octanol–water partition coefficient (Wildman–Crippen LogP) is -0.711. The van der Waals surface area contributed by atoms with E-state index in [0.717, 1.165) is 0 Å². The normalized spacial score (nSPS) is 11.3. The van der Waals surface area contributed by atoms with Crippen molar-refractivity contribution < 1.29 is 34.0 Å². The van der Waals surface area contributed by atoms with Crippen LogP contribution in [0.2, 0.25) is 0 Å². The van der Waals surface area contributed by atoms with Gasteiger partial charge in [-0.2, -0.15) is 0 Å². The molecule has 0 radical (unpaired) electrons. The Morgan fingerprint density at radius 1 is 0.778 bits per heavy atom. The molecule has 0 amide bonds. The molecule has 0 aliphatic carbocycles. The van der Waals surface area contributed by atoms with Gasteiger partial charge in [0.15, 0.2) is 0 Å². The van der Waals surface area contributed by atoms with Crippen molar-refractivity contribution in [2.24, 2.45) is 0 Å². The van der Waals surface area contributed by atoms with Gasteiger partial charge in [-0.3, -0.25) is 0 Å². The third-order valence-corrected chi connectivity index (χ3v) is 0.583. The average Bonchev–Trinajstić information content (AvgIpc) is 1.63. The van der Waals surface area contributed by atoms with Crippen molar-refractivity contribution in [3.05, 3.63) is 0 Å². The van der Waals surface area contributed by atoms with E-state index in [0.29, 0.717) is 0 Å². The van der Waals surface area contributed by atoms with Gasteiger partial charge in [-0.1, -0.05) is 5.04 Å². The first-order chi connectivity index (χ1) is 4.13. The molecule has 0 heterocycles. The van der Waals surface area contributed by atoms with Crippen molar-refractivity contribution in [2.75, 3.05) is 0 Å². The summed E-state index contributed by atoms with van der Waals surface area (Å²) < 4.78 is 7.01. The summed E-state index contributed by atoms with van der Waals surface area (Å²) in [6.45, 7) is 0. The molecule has 0 aromatic rings. The number of rotatable bonds is 4. The summed E-state index contributed by atoms with van der Waals surface area (Å²) in [6.07, 6.45) is 0. The van der Waals surface area contributed by atoms with Crippen LogP contribution in [0.4, 0.5) is 0 Å². The van der Waals surface area contributed by atoms with E-state index in [1.807, 2.05) is 0 Å². The lowest BCUT2D eigenvalue weighted by molar-refractivity contribution is -0.418. The lowest BCUT2D eigenvalue weighted by Crippen LogP contribution is -1.86. The fourth-order valence-electron chi connectivity index (χ4n) is 0.0680. The fourth-order valence-corrected chi connectivity index (χ4v) is 0.286. The molecule has 0 atom stereocenters. The molecule has 0 bridgehead atoms. The Bertz CT molecular complexity index is 51.9. The maximum atomic E-state index is 7.90. The summed E-state index contributed by atoms with van der Waals surface area (Å²) in [4.78, 5) is 31.6. The van der Waals surface area contributed by atoms with Crippen molar-refractivity contribution in [3.63, 3.8) is 0 Å². The van der Waals surface area contributed by atoms with Gasteiger partial charge >= 0.3 is 17.2 Å². The van der Waals surface area contributed by atoms with Gasteiger partial charge in [0.2, 0.25) is 0 Å². The van der Waals surface area contributed by atoms with E-state index in [-0.39, 0.29) is 0 Å². The molecule has 0 aromatic carbocycles. The van der Waals surface area contributed by atoms with Gasteiger partial charge in [0.1, 0.15) is 0 Å². The molecule has 7 nitrogen and oxygen atoms in total. The first-order valence-corrected chi connectivity index (χ1v) is 3.83.